The summed E-state index contributed by atoms with van der Waals surface area (Å²) < 4.78 is 40.6. The zero-order valence-electron chi connectivity index (χ0n) is 13.2. The molecule has 2 N–H and O–H groups in total. The van der Waals surface area contributed by atoms with Gasteiger partial charge in [-0.3, -0.25) is 4.55 Å². The fourth-order valence-electron chi connectivity index (χ4n) is 2.94. The Hall–Kier alpha value is -1.76. The molecule has 24 heavy (non-hydrogen) atoms. The van der Waals surface area contributed by atoms with Crippen molar-refractivity contribution in [1.82, 2.24) is 25.5 Å². The number of hydrogen-bond acceptors (Lipinski definition) is 8. The number of carbonyl (C=O) groups is 1. The Morgan fingerprint density at radius 3 is 2.88 bits per heavy atom. The molecule has 1 aromatic rings. The molecule has 0 aromatic carbocycles. The lowest BCUT2D eigenvalue weighted by molar-refractivity contribution is -0.0317. The number of piperidine rings is 1. The Kier molecular flexibility index (Phi) is 4.46. The number of amides is 2. The van der Waals surface area contributed by atoms with Crippen molar-refractivity contribution in [2.45, 2.75) is 44.3 Å². The van der Waals surface area contributed by atoms with Gasteiger partial charge in [0.1, 0.15) is 6.04 Å². The molecule has 2 aliphatic rings. The second-order valence-corrected chi connectivity index (χ2v) is 6.94. The first-order valence-corrected chi connectivity index (χ1v) is 8.91. The summed E-state index contributed by atoms with van der Waals surface area (Å²) in [5, 5.41) is 11.8. The molecule has 2 aliphatic heterocycles. The molecule has 1 aromatic heterocycles. The van der Waals surface area contributed by atoms with Crippen LogP contribution in [-0.2, 0) is 21.1 Å². The molecular formula is C12H19N5O6S. The zero-order chi connectivity index (χ0) is 17.5. The lowest BCUT2D eigenvalue weighted by Gasteiger charge is -2.27. The molecule has 0 saturated carbocycles. The van der Waals surface area contributed by atoms with E-state index in [0.29, 0.717) is 36.1 Å². The van der Waals surface area contributed by atoms with Crippen LogP contribution in [0.4, 0.5) is 4.79 Å². The molecule has 3 rings (SSSR count). The zero-order valence-corrected chi connectivity index (χ0v) is 14.1. The van der Waals surface area contributed by atoms with Crippen LogP contribution < -0.4 is 5.32 Å². The Bertz CT molecular complexity index is 721. The molecule has 12 heteroatoms. The quantitative estimate of drug-likeness (QED) is 0.665. The maximum absolute atomic E-state index is 12.3. The number of rotatable bonds is 6. The van der Waals surface area contributed by atoms with E-state index in [1.807, 2.05) is 14.0 Å². The van der Waals surface area contributed by atoms with Crippen LogP contribution in [0.25, 0.3) is 0 Å². The van der Waals surface area contributed by atoms with Crippen LogP contribution in [0.1, 0.15) is 37.6 Å². The summed E-state index contributed by atoms with van der Waals surface area (Å²) in [5.41, 5.74) is 0. The maximum atomic E-state index is 12.3. The average Bonchev–Trinajstić information content (AvgIpc) is 3.06. The molecule has 3 atom stereocenters. The third-order valence-corrected chi connectivity index (χ3v) is 4.59. The summed E-state index contributed by atoms with van der Waals surface area (Å²) >= 11 is 0. The van der Waals surface area contributed by atoms with E-state index in [0.717, 1.165) is 0 Å². The molecule has 3 unspecified atom stereocenters. The predicted octanol–water partition coefficient (Wildman–Crippen LogP) is -0.104. The van der Waals surface area contributed by atoms with E-state index in [9.17, 15) is 13.2 Å². The second-order valence-electron chi connectivity index (χ2n) is 5.94. The normalized spacial score (nSPS) is 25.4. The van der Waals surface area contributed by atoms with Gasteiger partial charge in [-0.25, -0.2) is 4.79 Å². The fourth-order valence-corrected chi connectivity index (χ4v) is 3.32. The van der Waals surface area contributed by atoms with Crippen molar-refractivity contribution in [3.8, 4) is 0 Å². The SMILES string of the molecule is CNC(C)Cc1nnc(C2CCC3CN2C(=O)N3OS(=O)(=O)O)o1. The summed E-state index contributed by atoms with van der Waals surface area (Å²) in [6.07, 6.45) is 1.59. The van der Waals surface area contributed by atoms with E-state index in [-0.39, 0.29) is 12.6 Å². The van der Waals surface area contributed by atoms with Gasteiger partial charge in [-0.1, -0.05) is 0 Å². The van der Waals surface area contributed by atoms with Gasteiger partial charge in [0.05, 0.1) is 6.04 Å². The van der Waals surface area contributed by atoms with Gasteiger partial charge in [-0.15, -0.1) is 14.5 Å². The standard InChI is InChI=1S/C12H19N5O6S/c1-7(13-2)5-10-14-15-11(22-10)9-4-3-8-6-16(9)12(18)17(8)23-24(19,20)21/h7-9,13H,3-6H2,1-2H3,(H,19,20,21). The third kappa shape index (κ3) is 3.36. The summed E-state index contributed by atoms with van der Waals surface area (Å²) in [7, 11) is -2.92. The number of aromatic nitrogens is 2. The number of hydroxylamine groups is 2. The van der Waals surface area contributed by atoms with E-state index in [2.05, 4.69) is 19.8 Å². The summed E-state index contributed by atoms with van der Waals surface area (Å²) in [4.78, 5) is 13.7. The largest absolute Gasteiger partial charge is 0.423 e. The van der Waals surface area contributed by atoms with Crippen molar-refractivity contribution < 1.29 is 26.5 Å². The van der Waals surface area contributed by atoms with Crippen LogP contribution in [0.5, 0.6) is 0 Å². The lowest BCUT2D eigenvalue weighted by atomic mass is 10.0. The average molecular weight is 361 g/mol. The first-order chi connectivity index (χ1) is 11.3. The lowest BCUT2D eigenvalue weighted by Crippen LogP contribution is -2.35. The molecule has 0 aliphatic carbocycles. The van der Waals surface area contributed by atoms with Gasteiger partial charge in [-0.2, -0.15) is 13.5 Å². The van der Waals surface area contributed by atoms with Crippen LogP contribution in [-0.4, -0.2) is 64.8 Å². The third-order valence-electron chi connectivity index (χ3n) is 4.24. The minimum atomic E-state index is -4.75. The van der Waals surface area contributed by atoms with Crippen LogP contribution in [0, 0.1) is 0 Å². The summed E-state index contributed by atoms with van der Waals surface area (Å²) in [5.74, 6) is 0.778. The molecule has 2 saturated heterocycles. The van der Waals surface area contributed by atoms with Crippen molar-refractivity contribution >= 4 is 16.4 Å². The highest BCUT2D eigenvalue weighted by molar-refractivity contribution is 7.80. The second kappa shape index (κ2) is 6.27. The number of nitrogens with zero attached hydrogens (tertiary/aromatic N) is 4. The van der Waals surface area contributed by atoms with Crippen LogP contribution in [0.3, 0.4) is 0 Å². The van der Waals surface area contributed by atoms with E-state index in [1.165, 1.54) is 4.90 Å². The number of urea groups is 1. The first kappa shape index (κ1) is 17.1. The molecule has 2 amide bonds. The number of hydrogen-bond donors (Lipinski definition) is 2. The predicted molar refractivity (Wildman–Crippen MR) is 78.9 cm³/mol. The van der Waals surface area contributed by atoms with Gasteiger partial charge < -0.3 is 14.6 Å². The molecule has 0 radical (unpaired) electrons. The molecule has 2 fully saturated rings. The van der Waals surface area contributed by atoms with E-state index in [1.54, 1.807) is 0 Å². The Morgan fingerprint density at radius 1 is 1.46 bits per heavy atom. The Morgan fingerprint density at radius 2 is 2.21 bits per heavy atom. The van der Waals surface area contributed by atoms with Gasteiger partial charge in [0.15, 0.2) is 0 Å². The Balaban J connectivity index is 1.74. The molecule has 11 nitrogen and oxygen atoms in total. The van der Waals surface area contributed by atoms with Crippen LogP contribution in [0.2, 0.25) is 0 Å². The van der Waals surface area contributed by atoms with Crippen LogP contribution in [0.15, 0.2) is 4.42 Å². The maximum Gasteiger partial charge on any atom is 0.418 e. The minimum Gasteiger partial charge on any atom is -0.423 e. The minimum absolute atomic E-state index is 0.168. The van der Waals surface area contributed by atoms with E-state index >= 15 is 0 Å². The molecule has 2 bridgehead atoms. The number of fused-ring (bicyclic) bond motifs is 2. The molecule has 134 valence electrons. The molecule has 3 heterocycles. The van der Waals surface area contributed by atoms with Crippen LogP contribution >= 0.6 is 0 Å². The highest BCUT2D eigenvalue weighted by Crippen LogP contribution is 2.38. The number of carbonyl (C=O) groups excluding carboxylic acids is 1. The van der Waals surface area contributed by atoms with Gasteiger partial charge in [-0.05, 0) is 26.8 Å². The van der Waals surface area contributed by atoms with Gasteiger partial charge >= 0.3 is 16.4 Å². The molecule has 0 spiro atoms. The van der Waals surface area contributed by atoms with Gasteiger partial charge in [0, 0.05) is 19.0 Å². The van der Waals surface area contributed by atoms with Crippen molar-refractivity contribution in [2.24, 2.45) is 0 Å². The molecular weight excluding hydrogens is 342 g/mol. The summed E-state index contributed by atoms with van der Waals surface area (Å²) in [6.45, 7) is 2.24. The highest BCUT2D eigenvalue weighted by atomic mass is 32.3. The van der Waals surface area contributed by atoms with Gasteiger partial charge in [0.2, 0.25) is 11.8 Å². The number of likely N-dealkylation sites (N-methyl/N-ethyl adjacent to an activating group) is 1. The summed E-state index contributed by atoms with van der Waals surface area (Å²) in [6, 6.07) is -1.36. The monoisotopic (exact) mass is 361 g/mol. The smallest absolute Gasteiger partial charge is 0.418 e. The van der Waals surface area contributed by atoms with E-state index < -0.39 is 28.5 Å². The van der Waals surface area contributed by atoms with Crippen molar-refractivity contribution in [3.63, 3.8) is 0 Å². The van der Waals surface area contributed by atoms with Crippen molar-refractivity contribution in [3.05, 3.63) is 11.8 Å². The fraction of sp³-hybridized carbons (Fsp3) is 0.750. The van der Waals surface area contributed by atoms with Crippen molar-refractivity contribution in [1.29, 1.82) is 0 Å². The number of nitrogens with one attached hydrogen (secondary N) is 1. The highest BCUT2D eigenvalue weighted by Gasteiger charge is 2.49. The van der Waals surface area contributed by atoms with Crippen molar-refractivity contribution in [2.75, 3.05) is 13.6 Å². The van der Waals surface area contributed by atoms with E-state index in [4.69, 9.17) is 8.97 Å². The Labute approximate surface area is 138 Å². The van der Waals surface area contributed by atoms with Gasteiger partial charge in [0.25, 0.3) is 0 Å². The first-order valence-electron chi connectivity index (χ1n) is 7.55. The topological polar surface area (TPSA) is 138 Å².